The van der Waals surface area contributed by atoms with Gasteiger partial charge in [-0.2, -0.15) is 0 Å². The van der Waals surface area contributed by atoms with Crippen molar-refractivity contribution < 1.29 is 19.1 Å². The molecule has 1 aromatic carbocycles. The van der Waals surface area contributed by atoms with Crippen LogP contribution in [0.15, 0.2) is 24.3 Å². The fraction of sp³-hybridized carbons (Fsp3) is 0.600. The van der Waals surface area contributed by atoms with E-state index in [1.165, 1.54) is 0 Å². The third-order valence-corrected chi connectivity index (χ3v) is 5.74. The lowest BCUT2D eigenvalue weighted by atomic mass is 9.88. The summed E-state index contributed by atoms with van der Waals surface area (Å²) < 4.78 is 10.6. The number of nitrogens with zero attached hydrogens (tertiary/aromatic N) is 2. The molecule has 1 aliphatic carbocycles. The molecule has 140 valence electrons. The Morgan fingerprint density at radius 1 is 1.00 bits per heavy atom. The fourth-order valence-electron chi connectivity index (χ4n) is 4.03. The normalized spacial score (nSPS) is 26.0. The number of likely N-dealkylation sites (tertiary alicyclic amines) is 1. The number of carbonyl (C=O) groups is 2. The Balaban J connectivity index is 1.56. The minimum atomic E-state index is -0.177. The summed E-state index contributed by atoms with van der Waals surface area (Å²) in [5, 5.41) is 0. The third-order valence-electron chi connectivity index (χ3n) is 5.74. The molecule has 6 heteroatoms. The average molecular weight is 358 g/mol. The summed E-state index contributed by atoms with van der Waals surface area (Å²) in [7, 11) is 1.64. The number of carbonyl (C=O) groups excluding carboxylic acids is 2. The number of morpholine rings is 1. The van der Waals surface area contributed by atoms with E-state index < -0.39 is 0 Å². The fourth-order valence-corrected chi connectivity index (χ4v) is 4.03. The van der Waals surface area contributed by atoms with E-state index in [0.29, 0.717) is 39.4 Å². The lowest BCUT2D eigenvalue weighted by Gasteiger charge is -2.30. The van der Waals surface area contributed by atoms with Gasteiger partial charge in [-0.05, 0) is 30.5 Å². The molecule has 1 saturated carbocycles. The molecule has 3 aliphatic rings. The van der Waals surface area contributed by atoms with E-state index in [4.69, 9.17) is 9.47 Å². The van der Waals surface area contributed by atoms with Crippen LogP contribution in [-0.4, -0.2) is 68.1 Å². The highest BCUT2D eigenvalue weighted by atomic mass is 16.5. The largest absolute Gasteiger partial charge is 0.497 e. The number of hydrogen-bond donors (Lipinski definition) is 0. The Bertz CT molecular complexity index is 665. The lowest BCUT2D eigenvalue weighted by Crippen LogP contribution is -2.45. The van der Waals surface area contributed by atoms with Crippen molar-refractivity contribution in [1.82, 2.24) is 9.80 Å². The first-order chi connectivity index (χ1) is 12.7. The first-order valence-corrected chi connectivity index (χ1v) is 9.46. The molecule has 0 radical (unpaired) electrons. The molecule has 0 bridgehead atoms. The second-order valence-electron chi connectivity index (χ2n) is 7.44. The van der Waals surface area contributed by atoms with Crippen LogP contribution < -0.4 is 4.74 Å². The van der Waals surface area contributed by atoms with Crippen LogP contribution in [0.2, 0.25) is 0 Å². The predicted molar refractivity (Wildman–Crippen MR) is 95.9 cm³/mol. The zero-order valence-corrected chi connectivity index (χ0v) is 15.2. The van der Waals surface area contributed by atoms with Crippen molar-refractivity contribution >= 4 is 11.8 Å². The van der Waals surface area contributed by atoms with E-state index in [2.05, 4.69) is 0 Å². The quantitative estimate of drug-likeness (QED) is 0.819. The van der Waals surface area contributed by atoms with Crippen molar-refractivity contribution in [2.45, 2.75) is 18.8 Å². The number of rotatable bonds is 4. The second kappa shape index (κ2) is 7.27. The molecule has 0 spiro atoms. The molecule has 2 atom stereocenters. The van der Waals surface area contributed by atoms with Gasteiger partial charge in [-0.15, -0.1) is 0 Å². The molecule has 6 nitrogen and oxygen atoms in total. The van der Waals surface area contributed by atoms with Crippen LogP contribution >= 0.6 is 0 Å². The number of benzene rings is 1. The van der Waals surface area contributed by atoms with Gasteiger partial charge in [-0.1, -0.05) is 12.1 Å². The summed E-state index contributed by atoms with van der Waals surface area (Å²) in [4.78, 5) is 29.6. The predicted octanol–water partition coefficient (Wildman–Crippen LogP) is 1.51. The van der Waals surface area contributed by atoms with Crippen molar-refractivity contribution in [1.29, 1.82) is 0 Å². The number of ether oxygens (including phenoxy) is 2. The Hall–Kier alpha value is -2.08. The van der Waals surface area contributed by atoms with Crippen molar-refractivity contribution in [3.63, 3.8) is 0 Å². The van der Waals surface area contributed by atoms with Gasteiger partial charge < -0.3 is 19.3 Å². The van der Waals surface area contributed by atoms with Crippen LogP contribution in [-0.2, 0) is 14.3 Å². The first kappa shape index (κ1) is 17.3. The van der Waals surface area contributed by atoms with Gasteiger partial charge in [0, 0.05) is 38.0 Å². The van der Waals surface area contributed by atoms with Gasteiger partial charge >= 0.3 is 0 Å². The highest BCUT2D eigenvalue weighted by Gasteiger charge is 2.45. The summed E-state index contributed by atoms with van der Waals surface area (Å²) in [5.41, 5.74) is 1.10. The molecule has 2 aliphatic heterocycles. The number of methoxy groups -OCH3 is 1. The van der Waals surface area contributed by atoms with Gasteiger partial charge in [0.25, 0.3) is 0 Å². The molecule has 3 fully saturated rings. The van der Waals surface area contributed by atoms with Crippen LogP contribution in [0.4, 0.5) is 0 Å². The molecule has 0 aromatic heterocycles. The van der Waals surface area contributed by atoms with Crippen LogP contribution in [0.3, 0.4) is 0 Å². The Kier molecular flexibility index (Phi) is 4.85. The monoisotopic (exact) mass is 358 g/mol. The molecular formula is C20H26N2O4. The third kappa shape index (κ3) is 3.43. The van der Waals surface area contributed by atoms with Crippen LogP contribution in [0.5, 0.6) is 5.75 Å². The van der Waals surface area contributed by atoms with Gasteiger partial charge in [0.15, 0.2) is 0 Å². The standard InChI is InChI=1S/C20H26N2O4/c1-25-16-6-4-14(5-7-16)17-12-22(19(23)15-2-3-15)13-18(17)20(24)21-8-10-26-11-9-21/h4-7,15,17-18H,2-3,8-13H2,1H3. The van der Waals surface area contributed by atoms with Gasteiger partial charge in [0.2, 0.25) is 11.8 Å². The van der Waals surface area contributed by atoms with Crippen LogP contribution in [0, 0.1) is 11.8 Å². The lowest BCUT2D eigenvalue weighted by molar-refractivity contribution is -0.140. The topological polar surface area (TPSA) is 59.1 Å². The Morgan fingerprint density at radius 2 is 1.69 bits per heavy atom. The van der Waals surface area contributed by atoms with Crippen molar-refractivity contribution in [3.8, 4) is 5.75 Å². The molecule has 26 heavy (non-hydrogen) atoms. The molecule has 2 saturated heterocycles. The molecule has 0 N–H and O–H groups in total. The molecule has 4 rings (SSSR count). The van der Waals surface area contributed by atoms with E-state index in [-0.39, 0.29) is 29.6 Å². The van der Waals surface area contributed by atoms with Gasteiger partial charge in [0.05, 0.1) is 26.2 Å². The van der Waals surface area contributed by atoms with E-state index >= 15 is 0 Å². The molecule has 2 heterocycles. The van der Waals surface area contributed by atoms with Gasteiger partial charge in [-0.3, -0.25) is 9.59 Å². The first-order valence-electron chi connectivity index (χ1n) is 9.46. The minimum Gasteiger partial charge on any atom is -0.497 e. The van der Waals surface area contributed by atoms with Crippen molar-refractivity contribution in [2.75, 3.05) is 46.5 Å². The van der Waals surface area contributed by atoms with E-state index in [9.17, 15) is 9.59 Å². The summed E-state index contributed by atoms with van der Waals surface area (Å²) in [6.45, 7) is 3.62. The molecule has 2 unspecified atom stereocenters. The summed E-state index contributed by atoms with van der Waals surface area (Å²) in [6.07, 6.45) is 1.98. The maximum atomic E-state index is 13.2. The maximum absolute atomic E-state index is 13.2. The minimum absolute atomic E-state index is 0.0407. The van der Waals surface area contributed by atoms with E-state index in [1.807, 2.05) is 34.1 Å². The van der Waals surface area contributed by atoms with Gasteiger partial charge in [-0.25, -0.2) is 0 Å². The van der Waals surface area contributed by atoms with E-state index in [0.717, 1.165) is 24.2 Å². The Labute approximate surface area is 154 Å². The molecule has 1 aromatic rings. The molecule has 2 amide bonds. The summed E-state index contributed by atoms with van der Waals surface area (Å²) in [6, 6.07) is 7.90. The number of hydrogen-bond acceptors (Lipinski definition) is 4. The highest BCUT2D eigenvalue weighted by molar-refractivity contribution is 5.85. The summed E-state index contributed by atoms with van der Waals surface area (Å²) in [5.74, 6) is 1.22. The summed E-state index contributed by atoms with van der Waals surface area (Å²) >= 11 is 0. The molecular weight excluding hydrogens is 332 g/mol. The zero-order valence-electron chi connectivity index (χ0n) is 15.2. The SMILES string of the molecule is COc1ccc(C2CN(C(=O)C3CC3)CC2C(=O)N2CCOCC2)cc1. The number of amides is 2. The van der Waals surface area contributed by atoms with Crippen LogP contribution in [0.1, 0.15) is 24.3 Å². The van der Waals surface area contributed by atoms with Crippen LogP contribution in [0.25, 0.3) is 0 Å². The Morgan fingerprint density at radius 3 is 2.31 bits per heavy atom. The smallest absolute Gasteiger partial charge is 0.228 e. The maximum Gasteiger partial charge on any atom is 0.228 e. The second-order valence-corrected chi connectivity index (χ2v) is 7.44. The van der Waals surface area contributed by atoms with Crippen molar-refractivity contribution in [2.24, 2.45) is 11.8 Å². The van der Waals surface area contributed by atoms with Gasteiger partial charge in [0.1, 0.15) is 5.75 Å². The zero-order chi connectivity index (χ0) is 18.1. The van der Waals surface area contributed by atoms with Crippen molar-refractivity contribution in [3.05, 3.63) is 29.8 Å². The van der Waals surface area contributed by atoms with E-state index in [1.54, 1.807) is 7.11 Å². The average Bonchev–Trinajstić information content (AvgIpc) is 3.46. The highest BCUT2D eigenvalue weighted by Crippen LogP contribution is 2.38.